The molecule has 0 atom stereocenters. The smallest absolute Gasteiger partial charge is 0.223 e. The van der Waals surface area contributed by atoms with E-state index in [-0.39, 0.29) is 11.2 Å². The van der Waals surface area contributed by atoms with E-state index in [0.717, 1.165) is 5.69 Å². The molecule has 1 aromatic carbocycles. The topological polar surface area (TPSA) is 53.1 Å². The standard InChI is InChI=1S/C14H15NO2S/c1-9-3-10(2)5-12(4-9)18-8-11-6-13(16)14(17)7-15-11/h3-7,17H,8H2,1-2H3,(H,15,16). The zero-order valence-corrected chi connectivity index (χ0v) is 11.2. The molecule has 0 fully saturated rings. The summed E-state index contributed by atoms with van der Waals surface area (Å²) in [6, 6.07) is 7.81. The Labute approximate surface area is 110 Å². The highest BCUT2D eigenvalue weighted by Crippen LogP contribution is 2.24. The Morgan fingerprint density at radius 2 is 1.83 bits per heavy atom. The van der Waals surface area contributed by atoms with Crippen LogP contribution >= 0.6 is 11.8 Å². The van der Waals surface area contributed by atoms with E-state index < -0.39 is 0 Å². The number of H-pyrrole nitrogens is 1. The van der Waals surface area contributed by atoms with Crippen molar-refractivity contribution in [3.8, 4) is 5.75 Å². The first-order valence-electron chi connectivity index (χ1n) is 5.66. The second kappa shape index (κ2) is 5.31. The first-order chi connectivity index (χ1) is 8.54. The van der Waals surface area contributed by atoms with Gasteiger partial charge >= 0.3 is 0 Å². The van der Waals surface area contributed by atoms with E-state index in [1.807, 2.05) is 0 Å². The normalized spacial score (nSPS) is 10.6. The van der Waals surface area contributed by atoms with Gasteiger partial charge in [0.05, 0.1) is 0 Å². The van der Waals surface area contributed by atoms with Crippen LogP contribution in [0.3, 0.4) is 0 Å². The molecule has 2 N–H and O–H groups in total. The molecule has 0 radical (unpaired) electrons. The van der Waals surface area contributed by atoms with E-state index in [4.69, 9.17) is 5.11 Å². The molecule has 1 heterocycles. The molecule has 0 amide bonds. The fourth-order valence-electron chi connectivity index (χ4n) is 1.77. The van der Waals surface area contributed by atoms with Crippen LogP contribution in [0.4, 0.5) is 0 Å². The molecule has 1 aromatic heterocycles. The van der Waals surface area contributed by atoms with Gasteiger partial charge in [-0.2, -0.15) is 0 Å². The van der Waals surface area contributed by atoms with Crippen molar-refractivity contribution in [2.45, 2.75) is 24.5 Å². The quantitative estimate of drug-likeness (QED) is 0.835. The zero-order chi connectivity index (χ0) is 13.1. The lowest BCUT2D eigenvalue weighted by molar-refractivity contribution is 0.467. The van der Waals surface area contributed by atoms with Crippen molar-refractivity contribution in [1.82, 2.24) is 4.98 Å². The molecule has 3 nitrogen and oxygen atoms in total. The van der Waals surface area contributed by atoms with Crippen LogP contribution in [0.2, 0.25) is 0 Å². The summed E-state index contributed by atoms with van der Waals surface area (Å²) >= 11 is 1.66. The molecule has 2 rings (SSSR count). The van der Waals surface area contributed by atoms with Crippen LogP contribution in [-0.2, 0) is 5.75 Å². The van der Waals surface area contributed by atoms with Gasteiger partial charge in [0, 0.05) is 28.6 Å². The Balaban J connectivity index is 2.11. The van der Waals surface area contributed by atoms with Crippen LogP contribution in [-0.4, -0.2) is 10.1 Å². The van der Waals surface area contributed by atoms with Crippen molar-refractivity contribution in [3.05, 3.63) is 57.5 Å². The summed E-state index contributed by atoms with van der Waals surface area (Å²) in [5, 5.41) is 9.15. The third kappa shape index (κ3) is 3.17. The average molecular weight is 261 g/mol. The number of benzene rings is 1. The first kappa shape index (κ1) is 12.8. The number of hydrogen-bond donors (Lipinski definition) is 2. The Morgan fingerprint density at radius 1 is 1.17 bits per heavy atom. The summed E-state index contributed by atoms with van der Waals surface area (Å²) in [5.41, 5.74) is 2.93. The van der Waals surface area contributed by atoms with Gasteiger partial charge in [-0.05, 0) is 37.1 Å². The van der Waals surface area contributed by atoms with Gasteiger partial charge < -0.3 is 10.1 Å². The Kier molecular flexibility index (Phi) is 3.77. The molecule has 2 aromatic rings. The average Bonchev–Trinajstić information content (AvgIpc) is 2.29. The van der Waals surface area contributed by atoms with Crippen LogP contribution < -0.4 is 5.43 Å². The summed E-state index contributed by atoms with van der Waals surface area (Å²) in [7, 11) is 0. The monoisotopic (exact) mass is 261 g/mol. The van der Waals surface area contributed by atoms with Gasteiger partial charge in [-0.1, -0.05) is 6.07 Å². The molecule has 94 valence electrons. The third-order valence-corrected chi connectivity index (χ3v) is 3.57. The third-order valence-electron chi connectivity index (χ3n) is 2.54. The molecule has 0 spiro atoms. The van der Waals surface area contributed by atoms with Crippen LogP contribution in [0.15, 0.2) is 40.2 Å². The number of aromatic hydroxyl groups is 1. The van der Waals surface area contributed by atoms with Crippen LogP contribution in [0.5, 0.6) is 5.75 Å². The molecule has 0 aliphatic heterocycles. The minimum Gasteiger partial charge on any atom is -0.503 e. The summed E-state index contributed by atoms with van der Waals surface area (Å²) in [6.45, 7) is 4.14. The maximum absolute atomic E-state index is 11.3. The Bertz CT molecular complexity index is 599. The van der Waals surface area contributed by atoms with Gasteiger partial charge in [0.2, 0.25) is 5.43 Å². The number of aromatic amines is 1. The van der Waals surface area contributed by atoms with Crippen molar-refractivity contribution in [3.63, 3.8) is 0 Å². The van der Waals surface area contributed by atoms with Crippen molar-refractivity contribution in [2.75, 3.05) is 0 Å². The molecule has 0 aliphatic carbocycles. The summed E-state index contributed by atoms with van der Waals surface area (Å²) < 4.78 is 0. The lowest BCUT2D eigenvalue weighted by Gasteiger charge is -2.05. The SMILES string of the molecule is Cc1cc(C)cc(SCc2cc(=O)c(O)c[nH]2)c1. The van der Waals surface area contributed by atoms with Crippen molar-refractivity contribution >= 4 is 11.8 Å². The predicted molar refractivity (Wildman–Crippen MR) is 74.2 cm³/mol. The van der Waals surface area contributed by atoms with Crippen LogP contribution in [0.1, 0.15) is 16.8 Å². The first-order valence-corrected chi connectivity index (χ1v) is 6.65. The molecule has 0 saturated heterocycles. The lowest BCUT2D eigenvalue weighted by Crippen LogP contribution is -2.01. The molecule has 4 heteroatoms. The minimum atomic E-state index is -0.343. The number of aromatic nitrogens is 1. The highest BCUT2D eigenvalue weighted by Gasteiger charge is 2.01. The Morgan fingerprint density at radius 3 is 2.44 bits per heavy atom. The number of thioether (sulfide) groups is 1. The van der Waals surface area contributed by atoms with E-state index in [9.17, 15) is 4.79 Å². The number of pyridine rings is 1. The largest absolute Gasteiger partial charge is 0.503 e. The molecular weight excluding hydrogens is 246 g/mol. The number of nitrogens with one attached hydrogen (secondary N) is 1. The molecule has 0 unspecified atom stereocenters. The zero-order valence-electron chi connectivity index (χ0n) is 10.4. The maximum atomic E-state index is 11.3. The molecule has 0 saturated carbocycles. The van der Waals surface area contributed by atoms with Gasteiger partial charge in [-0.3, -0.25) is 4.79 Å². The highest BCUT2D eigenvalue weighted by molar-refractivity contribution is 7.98. The maximum Gasteiger partial charge on any atom is 0.223 e. The fourth-order valence-corrected chi connectivity index (χ4v) is 2.79. The van der Waals surface area contributed by atoms with Gasteiger partial charge in [0.1, 0.15) is 0 Å². The Hall–Kier alpha value is -1.68. The lowest BCUT2D eigenvalue weighted by atomic mass is 10.2. The van der Waals surface area contributed by atoms with E-state index >= 15 is 0 Å². The highest BCUT2D eigenvalue weighted by atomic mass is 32.2. The van der Waals surface area contributed by atoms with E-state index in [0.29, 0.717) is 5.75 Å². The van der Waals surface area contributed by atoms with Crippen LogP contribution in [0, 0.1) is 13.8 Å². The van der Waals surface area contributed by atoms with Gasteiger partial charge in [-0.15, -0.1) is 11.8 Å². The molecule has 0 aliphatic rings. The van der Waals surface area contributed by atoms with E-state index in [1.165, 1.54) is 28.3 Å². The second-order valence-corrected chi connectivity index (χ2v) is 5.37. The van der Waals surface area contributed by atoms with E-state index in [1.54, 1.807) is 11.8 Å². The number of hydrogen-bond acceptors (Lipinski definition) is 3. The van der Waals surface area contributed by atoms with Gasteiger partial charge in [0.15, 0.2) is 5.75 Å². The fraction of sp³-hybridized carbons (Fsp3) is 0.214. The van der Waals surface area contributed by atoms with Crippen molar-refractivity contribution in [2.24, 2.45) is 0 Å². The number of aryl methyl sites for hydroxylation is 2. The summed E-state index contributed by atoms with van der Waals surface area (Å²) in [4.78, 5) is 15.4. The van der Waals surface area contributed by atoms with E-state index in [2.05, 4.69) is 37.0 Å². The van der Waals surface area contributed by atoms with Gasteiger partial charge in [0.25, 0.3) is 0 Å². The molecule has 0 bridgehead atoms. The summed E-state index contributed by atoms with van der Waals surface area (Å²) in [6.07, 6.45) is 1.33. The van der Waals surface area contributed by atoms with Gasteiger partial charge in [-0.25, -0.2) is 0 Å². The van der Waals surface area contributed by atoms with Crippen molar-refractivity contribution < 1.29 is 5.11 Å². The van der Waals surface area contributed by atoms with Crippen molar-refractivity contribution in [1.29, 1.82) is 0 Å². The predicted octanol–water partition coefficient (Wildman–Crippen LogP) is 2.99. The minimum absolute atomic E-state index is 0.241. The molecule has 18 heavy (non-hydrogen) atoms. The molecular formula is C14H15NO2S. The second-order valence-electron chi connectivity index (χ2n) is 4.32. The van der Waals surface area contributed by atoms with Crippen LogP contribution in [0.25, 0.3) is 0 Å². The number of rotatable bonds is 3. The summed E-state index contributed by atoms with van der Waals surface area (Å²) in [5.74, 6) is 0.438.